The van der Waals surface area contributed by atoms with E-state index in [2.05, 4.69) is 10.3 Å². The molecule has 0 saturated heterocycles. The normalized spacial score (nSPS) is 14.8. The fraction of sp³-hybridized carbons (Fsp3) is 0.321. The number of aryl methyl sites for hydroxylation is 2. The van der Waals surface area contributed by atoms with Crippen LogP contribution in [0.25, 0.3) is 21.9 Å². The van der Waals surface area contributed by atoms with E-state index in [0.29, 0.717) is 34.3 Å². The maximum atomic E-state index is 12.9. The van der Waals surface area contributed by atoms with Crippen LogP contribution in [0.4, 0.5) is 0 Å². The number of phenols is 1. The summed E-state index contributed by atoms with van der Waals surface area (Å²) in [5, 5.41) is 25.6. The van der Waals surface area contributed by atoms with Gasteiger partial charge in [0.1, 0.15) is 17.1 Å². The monoisotopic (exact) mass is 503 g/mol. The molecule has 9 nitrogen and oxygen atoms in total. The summed E-state index contributed by atoms with van der Waals surface area (Å²) in [6.07, 6.45) is 4.06. The number of rotatable bonds is 7. The first-order valence-corrected chi connectivity index (χ1v) is 12.3. The summed E-state index contributed by atoms with van der Waals surface area (Å²) in [4.78, 5) is 40.3. The minimum atomic E-state index is -1.44. The number of phenolic OH excluding ortho intramolecular Hbond substituents is 1. The molecule has 192 valence electrons. The van der Waals surface area contributed by atoms with E-state index >= 15 is 0 Å². The number of aromatic amines is 1. The summed E-state index contributed by atoms with van der Waals surface area (Å²) in [5.74, 6) is -1.66. The van der Waals surface area contributed by atoms with Gasteiger partial charge >= 0.3 is 5.63 Å². The molecule has 2 heterocycles. The van der Waals surface area contributed by atoms with Gasteiger partial charge in [0.2, 0.25) is 0 Å². The number of amides is 1. The van der Waals surface area contributed by atoms with E-state index in [4.69, 9.17) is 9.15 Å². The SMILES string of the molecule is Cc1c(O[C@H](C)C(=O)N[C@H](Cc2c[nH]c3ccc(O)cc23)C(=O)[O-])ccc2c3c(c(=O)oc12)CCCC3. The van der Waals surface area contributed by atoms with Crippen molar-refractivity contribution in [2.75, 3.05) is 0 Å². The van der Waals surface area contributed by atoms with Crippen LogP contribution < -0.4 is 20.8 Å². The van der Waals surface area contributed by atoms with Gasteiger partial charge in [-0.1, -0.05) is 0 Å². The number of aromatic nitrogens is 1. The molecule has 0 fully saturated rings. The summed E-state index contributed by atoms with van der Waals surface area (Å²) >= 11 is 0. The Labute approximate surface area is 212 Å². The smallest absolute Gasteiger partial charge is 0.339 e. The molecule has 37 heavy (non-hydrogen) atoms. The lowest BCUT2D eigenvalue weighted by atomic mass is 9.90. The zero-order chi connectivity index (χ0) is 26.3. The summed E-state index contributed by atoms with van der Waals surface area (Å²) in [7, 11) is 0. The highest BCUT2D eigenvalue weighted by Gasteiger charge is 2.24. The Balaban J connectivity index is 1.34. The van der Waals surface area contributed by atoms with Crippen LogP contribution in [0.2, 0.25) is 0 Å². The third-order valence-electron chi connectivity index (χ3n) is 7.04. The molecule has 3 N–H and O–H groups in total. The molecule has 0 saturated carbocycles. The number of ether oxygens (including phenoxy) is 1. The van der Waals surface area contributed by atoms with Crippen LogP contribution in [0.3, 0.4) is 0 Å². The molecule has 1 aliphatic rings. The second kappa shape index (κ2) is 9.65. The first-order valence-electron chi connectivity index (χ1n) is 12.3. The maximum Gasteiger partial charge on any atom is 0.339 e. The molecule has 2 aromatic carbocycles. The highest BCUT2D eigenvalue weighted by Crippen LogP contribution is 2.33. The molecular formula is C28H27N2O7-. The van der Waals surface area contributed by atoms with Crippen LogP contribution in [0.15, 0.2) is 45.7 Å². The predicted molar refractivity (Wildman–Crippen MR) is 135 cm³/mol. The molecular weight excluding hydrogens is 476 g/mol. The van der Waals surface area contributed by atoms with Crippen molar-refractivity contribution in [2.24, 2.45) is 0 Å². The number of aliphatic carboxylic acids is 1. The fourth-order valence-corrected chi connectivity index (χ4v) is 5.03. The molecule has 1 aliphatic carbocycles. The highest BCUT2D eigenvalue weighted by atomic mass is 16.5. The van der Waals surface area contributed by atoms with E-state index < -0.39 is 24.0 Å². The van der Waals surface area contributed by atoms with Crippen molar-refractivity contribution in [2.45, 2.75) is 58.1 Å². The summed E-state index contributed by atoms with van der Waals surface area (Å²) < 4.78 is 11.5. The Kier molecular flexibility index (Phi) is 6.37. The summed E-state index contributed by atoms with van der Waals surface area (Å²) in [6.45, 7) is 3.27. The number of carbonyl (C=O) groups excluding carboxylic acids is 2. The number of hydrogen-bond acceptors (Lipinski definition) is 7. The van der Waals surface area contributed by atoms with Gasteiger partial charge in [-0.2, -0.15) is 0 Å². The molecule has 0 spiro atoms. The van der Waals surface area contributed by atoms with E-state index in [-0.39, 0.29) is 17.8 Å². The van der Waals surface area contributed by atoms with Crippen molar-refractivity contribution in [3.05, 3.63) is 69.2 Å². The molecule has 9 heteroatoms. The first kappa shape index (κ1) is 24.4. The minimum Gasteiger partial charge on any atom is -0.548 e. The average Bonchev–Trinajstić information content (AvgIpc) is 3.27. The van der Waals surface area contributed by atoms with E-state index in [1.807, 2.05) is 6.07 Å². The van der Waals surface area contributed by atoms with Crippen molar-refractivity contribution in [3.63, 3.8) is 0 Å². The Hall–Kier alpha value is -4.27. The van der Waals surface area contributed by atoms with Gasteiger partial charge in [-0.15, -0.1) is 0 Å². The van der Waals surface area contributed by atoms with Crippen LogP contribution in [0.1, 0.15) is 42.0 Å². The van der Waals surface area contributed by atoms with Gasteiger partial charge in [-0.05, 0) is 81.0 Å². The predicted octanol–water partition coefficient (Wildman–Crippen LogP) is 2.41. The lowest BCUT2D eigenvalue weighted by molar-refractivity contribution is -0.308. The highest BCUT2D eigenvalue weighted by molar-refractivity contribution is 5.89. The van der Waals surface area contributed by atoms with Gasteiger partial charge in [0, 0.05) is 40.0 Å². The number of hydrogen-bond donors (Lipinski definition) is 3. The van der Waals surface area contributed by atoms with Crippen LogP contribution in [-0.4, -0.2) is 34.1 Å². The number of H-pyrrole nitrogens is 1. The number of fused-ring (bicyclic) bond motifs is 4. The quantitative estimate of drug-likeness (QED) is 0.329. The molecule has 0 aliphatic heterocycles. The second-order valence-corrected chi connectivity index (χ2v) is 9.51. The largest absolute Gasteiger partial charge is 0.548 e. The first-order chi connectivity index (χ1) is 17.7. The lowest BCUT2D eigenvalue weighted by Crippen LogP contribution is -2.52. The Bertz CT molecular complexity index is 1580. The Morgan fingerprint density at radius 3 is 2.68 bits per heavy atom. The van der Waals surface area contributed by atoms with Crippen LogP contribution in [0, 0.1) is 6.92 Å². The van der Waals surface area contributed by atoms with Crippen LogP contribution >= 0.6 is 0 Å². The third-order valence-corrected chi connectivity index (χ3v) is 7.04. The van der Waals surface area contributed by atoms with Gasteiger partial charge < -0.3 is 34.5 Å². The van der Waals surface area contributed by atoms with Crippen molar-refractivity contribution < 1.29 is 29.0 Å². The maximum absolute atomic E-state index is 12.9. The van der Waals surface area contributed by atoms with Gasteiger partial charge in [-0.25, -0.2) is 4.79 Å². The number of aromatic hydroxyl groups is 1. The van der Waals surface area contributed by atoms with E-state index in [9.17, 15) is 24.6 Å². The zero-order valence-electron chi connectivity index (χ0n) is 20.6. The molecule has 0 radical (unpaired) electrons. The second-order valence-electron chi connectivity index (χ2n) is 9.51. The average molecular weight is 504 g/mol. The van der Waals surface area contributed by atoms with E-state index in [1.54, 1.807) is 25.3 Å². The lowest BCUT2D eigenvalue weighted by Gasteiger charge is -2.23. The van der Waals surface area contributed by atoms with Crippen molar-refractivity contribution in [1.82, 2.24) is 10.3 Å². The van der Waals surface area contributed by atoms with Crippen LogP contribution in [0.5, 0.6) is 11.5 Å². The molecule has 1 amide bonds. The molecule has 4 aromatic rings. The molecule has 0 unspecified atom stereocenters. The number of carboxylic acids is 1. The molecule has 5 rings (SSSR count). The fourth-order valence-electron chi connectivity index (χ4n) is 5.03. The third kappa shape index (κ3) is 4.64. The van der Waals surface area contributed by atoms with Crippen LogP contribution in [-0.2, 0) is 28.9 Å². The molecule has 2 atom stereocenters. The molecule has 0 bridgehead atoms. The van der Waals surface area contributed by atoms with Gasteiger partial charge in [0.05, 0.1) is 12.0 Å². The van der Waals surface area contributed by atoms with Crippen molar-refractivity contribution in [1.29, 1.82) is 0 Å². The molecule has 2 aromatic heterocycles. The van der Waals surface area contributed by atoms with E-state index in [1.165, 1.54) is 19.1 Å². The number of carbonyl (C=O) groups is 2. The number of carboxylic acid groups (broad SMARTS) is 1. The summed E-state index contributed by atoms with van der Waals surface area (Å²) in [5.41, 5.74) is 3.78. The van der Waals surface area contributed by atoms with E-state index in [0.717, 1.165) is 41.3 Å². The number of nitrogens with one attached hydrogen (secondary N) is 2. The summed E-state index contributed by atoms with van der Waals surface area (Å²) in [6, 6.07) is 6.99. The van der Waals surface area contributed by atoms with Crippen molar-refractivity contribution >= 4 is 33.7 Å². The number of benzene rings is 2. The van der Waals surface area contributed by atoms with Gasteiger partial charge in [-0.3, -0.25) is 4.79 Å². The standard InChI is InChI=1S/C28H28N2O7/c1-14-24(10-8-19-18-5-3-4-6-20(18)28(35)37-25(14)19)36-15(2)26(32)30-23(27(33)34)11-16-13-29-22-9-7-17(31)12-21(16)22/h7-10,12-13,15,23,29,31H,3-6,11H2,1-2H3,(H,30,32)(H,33,34)/p-1/t15-,23-/m1/s1. The Morgan fingerprint density at radius 1 is 1.16 bits per heavy atom. The minimum absolute atomic E-state index is 0.0461. The van der Waals surface area contributed by atoms with Gasteiger partial charge in [0.15, 0.2) is 6.10 Å². The Morgan fingerprint density at radius 2 is 1.92 bits per heavy atom. The van der Waals surface area contributed by atoms with Crippen molar-refractivity contribution in [3.8, 4) is 11.5 Å². The zero-order valence-corrected chi connectivity index (χ0v) is 20.6. The van der Waals surface area contributed by atoms with Gasteiger partial charge in [0.25, 0.3) is 5.91 Å². The topological polar surface area (TPSA) is 145 Å².